The molecule has 0 bridgehead atoms. The number of aromatic nitrogens is 2. The highest BCUT2D eigenvalue weighted by atomic mass is 127. The van der Waals surface area contributed by atoms with E-state index in [2.05, 4.69) is 43.2 Å². The Morgan fingerprint density at radius 2 is 1.85 bits per heavy atom. The van der Waals surface area contributed by atoms with E-state index < -0.39 is 27.1 Å². The number of nitrogens with zero attached hydrogens (tertiary/aromatic N) is 3. The third-order valence-electron chi connectivity index (χ3n) is 6.18. The van der Waals surface area contributed by atoms with Crippen molar-refractivity contribution in [2.24, 2.45) is 0 Å². The molecule has 1 aliphatic rings. The molecule has 1 aliphatic heterocycles. The quantitative estimate of drug-likeness (QED) is 0.193. The van der Waals surface area contributed by atoms with Crippen molar-refractivity contribution in [3.05, 3.63) is 59.3 Å². The first-order valence-electron chi connectivity index (χ1n) is 13.1. The van der Waals surface area contributed by atoms with Crippen molar-refractivity contribution in [2.75, 3.05) is 17.2 Å². The Hall–Kier alpha value is -3.46. The number of rotatable bonds is 10. The second-order valence-corrected chi connectivity index (χ2v) is 13.0. The fraction of sp³-hybridized carbons (Fsp3) is 0.357. The molecule has 0 unspecified atom stereocenters. The van der Waals surface area contributed by atoms with Crippen LogP contribution in [0.25, 0.3) is 0 Å². The van der Waals surface area contributed by atoms with Gasteiger partial charge in [-0.1, -0.05) is 34.7 Å². The van der Waals surface area contributed by atoms with Crippen LogP contribution in [0.1, 0.15) is 56.1 Å². The maximum atomic E-state index is 13.0. The topological polar surface area (TPSA) is 140 Å². The van der Waals surface area contributed by atoms with Gasteiger partial charge in [-0.25, -0.2) is 23.1 Å². The summed E-state index contributed by atoms with van der Waals surface area (Å²) in [5.74, 6) is 0.623. The zero-order valence-corrected chi connectivity index (χ0v) is 26.4. The molecule has 0 atom stereocenters. The molecule has 11 nitrogen and oxygen atoms in total. The molecule has 0 saturated heterocycles. The average molecular weight is 694 g/mol. The van der Waals surface area contributed by atoms with E-state index in [9.17, 15) is 18.0 Å². The van der Waals surface area contributed by atoms with Gasteiger partial charge in [0.15, 0.2) is 9.84 Å². The highest BCUT2D eigenvalue weighted by Crippen LogP contribution is 2.36. The Kier molecular flexibility index (Phi) is 9.37. The van der Waals surface area contributed by atoms with Crippen LogP contribution >= 0.6 is 22.6 Å². The lowest BCUT2D eigenvalue weighted by Gasteiger charge is -2.18. The number of anilines is 4. The summed E-state index contributed by atoms with van der Waals surface area (Å²) >= 11 is 2.19. The first-order chi connectivity index (χ1) is 19.5. The molecule has 2 amide bonds. The lowest BCUT2D eigenvalue weighted by atomic mass is 10.1. The minimum atomic E-state index is -3.56. The number of imide groups is 1. The molecule has 1 aromatic heterocycles. The Morgan fingerprint density at radius 1 is 1.12 bits per heavy atom. The summed E-state index contributed by atoms with van der Waals surface area (Å²) < 4.78 is 37.6. The molecule has 218 valence electrons. The molecule has 0 spiro atoms. The van der Waals surface area contributed by atoms with E-state index in [1.807, 2.05) is 13.8 Å². The van der Waals surface area contributed by atoms with Crippen LogP contribution in [0.15, 0.2) is 47.5 Å². The summed E-state index contributed by atoms with van der Waals surface area (Å²) in [7, 11) is -3.56. The lowest BCUT2D eigenvalue weighted by molar-refractivity contribution is 0.0693. The molecule has 2 aromatic carbocycles. The van der Waals surface area contributed by atoms with Gasteiger partial charge in [-0.15, -0.1) is 0 Å². The number of amides is 2. The Morgan fingerprint density at radius 3 is 2.51 bits per heavy atom. The second-order valence-electron chi connectivity index (χ2n) is 9.80. The van der Waals surface area contributed by atoms with Crippen molar-refractivity contribution < 1.29 is 27.5 Å². The zero-order chi connectivity index (χ0) is 29.9. The van der Waals surface area contributed by atoms with E-state index in [0.717, 1.165) is 10.5 Å². The number of hydrogen-bond donors (Lipinski definition) is 2. The smallest absolute Gasteiger partial charge is 0.417 e. The summed E-state index contributed by atoms with van der Waals surface area (Å²) in [6.07, 6.45) is 0.766. The Balaban J connectivity index is 1.71. The summed E-state index contributed by atoms with van der Waals surface area (Å²) in [5.41, 5.74) is 2.58. The van der Waals surface area contributed by atoms with E-state index in [1.54, 1.807) is 63.4 Å². The van der Waals surface area contributed by atoms with Crippen LogP contribution in [-0.2, 0) is 25.5 Å². The van der Waals surface area contributed by atoms with Gasteiger partial charge in [-0.3, -0.25) is 4.79 Å². The molecule has 2 heterocycles. The van der Waals surface area contributed by atoms with E-state index >= 15 is 0 Å². The van der Waals surface area contributed by atoms with Crippen molar-refractivity contribution in [1.29, 1.82) is 0 Å². The van der Waals surface area contributed by atoms with Crippen LogP contribution in [0.2, 0.25) is 0 Å². The monoisotopic (exact) mass is 693 g/mol. The van der Waals surface area contributed by atoms with Crippen LogP contribution in [0.4, 0.5) is 27.9 Å². The fourth-order valence-electron chi connectivity index (χ4n) is 4.13. The molecule has 2 N–H and O–H groups in total. The summed E-state index contributed by atoms with van der Waals surface area (Å²) in [4.78, 5) is 35.6. The van der Waals surface area contributed by atoms with Crippen LogP contribution in [0.3, 0.4) is 0 Å². The van der Waals surface area contributed by atoms with Crippen LogP contribution in [0.5, 0.6) is 5.75 Å². The minimum absolute atomic E-state index is 0.0787. The van der Waals surface area contributed by atoms with Gasteiger partial charge in [0.1, 0.15) is 11.6 Å². The predicted octanol–water partition coefficient (Wildman–Crippen LogP) is 5.98. The van der Waals surface area contributed by atoms with Gasteiger partial charge in [0.05, 0.1) is 40.8 Å². The maximum absolute atomic E-state index is 13.0. The van der Waals surface area contributed by atoms with E-state index in [0.29, 0.717) is 38.5 Å². The van der Waals surface area contributed by atoms with Gasteiger partial charge in [0, 0.05) is 21.8 Å². The maximum Gasteiger partial charge on any atom is 0.417 e. The number of ether oxygens (including phenoxy) is 2. The van der Waals surface area contributed by atoms with Gasteiger partial charge >= 0.3 is 6.09 Å². The number of fused-ring (bicyclic) bond motifs is 1. The van der Waals surface area contributed by atoms with Crippen molar-refractivity contribution in [3.63, 3.8) is 0 Å². The zero-order valence-electron chi connectivity index (χ0n) is 23.4. The van der Waals surface area contributed by atoms with E-state index in [4.69, 9.17) is 9.47 Å². The highest BCUT2D eigenvalue weighted by molar-refractivity contribution is 14.1. The van der Waals surface area contributed by atoms with Crippen LogP contribution in [0, 0.1) is 0 Å². The molecule has 3 aromatic rings. The number of para-hydroxylation sites is 1. The number of carbonyl (C=O) groups is 2. The number of alkyl halides is 1. The molecule has 41 heavy (non-hydrogen) atoms. The van der Waals surface area contributed by atoms with Gasteiger partial charge in [0.2, 0.25) is 5.95 Å². The normalized spacial score (nSPS) is 13.0. The number of carbonyl (C=O) groups excluding carboxylic acids is 2. The first-order valence-corrected chi connectivity index (χ1v) is 16.1. The minimum Gasteiger partial charge on any atom is -0.489 e. The molecular formula is C28H32IN5O6S. The van der Waals surface area contributed by atoms with Gasteiger partial charge in [0.25, 0.3) is 5.91 Å². The average Bonchev–Trinajstić information content (AvgIpc) is 3.24. The van der Waals surface area contributed by atoms with E-state index in [-0.39, 0.29) is 30.1 Å². The molecular weight excluding hydrogens is 661 g/mol. The van der Waals surface area contributed by atoms with Crippen LogP contribution < -0.4 is 15.4 Å². The van der Waals surface area contributed by atoms with Crippen molar-refractivity contribution in [3.8, 4) is 5.75 Å². The number of benzene rings is 2. The Bertz CT molecular complexity index is 1580. The molecule has 0 aliphatic carbocycles. The van der Waals surface area contributed by atoms with Crippen molar-refractivity contribution in [1.82, 2.24) is 14.9 Å². The summed E-state index contributed by atoms with van der Waals surface area (Å²) in [6, 6.07) is 10.0. The standard InChI is InChI=1S/C28H32IN5O6S/c1-6-39-28(36)34-15-18-11-23(40-16(2)3)22(12-20(18)26(34)35)32-27-30-14-19(13-29)25(33-27)31-21-9-7-8-10-24(21)41(37,38)17(4)5/h7-12,14,16-17H,6,13,15H2,1-5H3,(H2,30,31,32,33). The summed E-state index contributed by atoms with van der Waals surface area (Å²) in [5, 5.41) is 5.73. The van der Waals surface area contributed by atoms with Crippen LogP contribution in [-0.4, -0.2) is 53.2 Å². The number of nitrogens with one attached hydrogen (secondary N) is 2. The second kappa shape index (κ2) is 12.6. The number of sulfone groups is 1. The first kappa shape index (κ1) is 30.5. The third-order valence-corrected chi connectivity index (χ3v) is 9.21. The van der Waals surface area contributed by atoms with Crippen molar-refractivity contribution in [2.45, 2.75) is 61.8 Å². The lowest BCUT2D eigenvalue weighted by Crippen LogP contribution is -2.31. The third kappa shape index (κ3) is 6.56. The Labute approximate surface area is 253 Å². The SMILES string of the molecule is CCOC(=O)N1Cc2cc(OC(C)C)c(Nc3ncc(CI)c(Nc4ccccc4S(=O)(=O)C(C)C)n3)cc2C1=O. The molecule has 0 radical (unpaired) electrons. The largest absolute Gasteiger partial charge is 0.489 e. The van der Waals surface area contributed by atoms with Gasteiger partial charge in [-0.2, -0.15) is 4.98 Å². The van der Waals surface area contributed by atoms with Gasteiger partial charge in [-0.05, 0) is 64.4 Å². The molecule has 13 heteroatoms. The fourth-order valence-corrected chi connectivity index (χ4v) is 5.89. The van der Waals surface area contributed by atoms with Crippen molar-refractivity contribution >= 4 is 67.6 Å². The molecule has 0 fully saturated rings. The molecule has 4 rings (SSSR count). The predicted molar refractivity (Wildman–Crippen MR) is 164 cm³/mol. The highest BCUT2D eigenvalue weighted by Gasteiger charge is 2.34. The molecule has 0 saturated carbocycles. The van der Waals surface area contributed by atoms with Gasteiger partial charge < -0.3 is 20.1 Å². The summed E-state index contributed by atoms with van der Waals surface area (Å²) in [6.45, 7) is 8.94. The number of hydrogen-bond acceptors (Lipinski definition) is 10. The van der Waals surface area contributed by atoms with E-state index in [1.165, 1.54) is 0 Å². The number of halogens is 1.